The number of aromatic nitrogens is 2. The molecular weight excluding hydrogens is 204 g/mol. The van der Waals surface area contributed by atoms with Crippen LogP contribution in [0.1, 0.15) is 35.2 Å². The van der Waals surface area contributed by atoms with Gasteiger partial charge in [0, 0.05) is 0 Å². The number of aromatic carboxylic acids is 1. The van der Waals surface area contributed by atoms with Gasteiger partial charge in [-0.3, -0.25) is 4.98 Å². The van der Waals surface area contributed by atoms with Gasteiger partial charge < -0.3 is 5.11 Å². The van der Waals surface area contributed by atoms with Gasteiger partial charge >= 0.3 is 5.97 Å². The summed E-state index contributed by atoms with van der Waals surface area (Å²) in [7, 11) is 0. The molecule has 14 heavy (non-hydrogen) atoms. The Bertz CT molecular complexity index is 366. The fraction of sp³-hybridized carbons (Fsp3) is 0.444. The quantitative estimate of drug-likeness (QED) is 0.837. The number of nitrogens with zero attached hydrogens (tertiary/aromatic N) is 2. The molecule has 1 heterocycles. The third-order valence-electron chi connectivity index (χ3n) is 1.78. The normalized spacial score (nSPS) is 10.2. The Balaban J connectivity index is 3.17. The molecular formula is C9H11ClN2O2. The molecule has 0 spiro atoms. The molecule has 1 N–H and O–H groups in total. The van der Waals surface area contributed by atoms with Crippen LogP contribution < -0.4 is 0 Å². The van der Waals surface area contributed by atoms with Crippen LogP contribution in [0.5, 0.6) is 0 Å². The molecule has 76 valence electrons. The number of aryl methyl sites for hydroxylation is 2. The number of carboxylic acids is 1. The molecule has 0 aliphatic rings. The zero-order valence-electron chi connectivity index (χ0n) is 8.04. The van der Waals surface area contributed by atoms with Crippen LogP contribution in [-0.4, -0.2) is 21.0 Å². The standard InChI is InChI=1S/C9H11ClN2O2/c1-3-4-6-8(10)12-7(9(13)14)5(2)11-6/h3-4H2,1-2H3,(H,13,14). The van der Waals surface area contributed by atoms with Gasteiger partial charge in [-0.05, 0) is 13.3 Å². The highest BCUT2D eigenvalue weighted by Gasteiger charge is 2.14. The lowest BCUT2D eigenvalue weighted by Crippen LogP contribution is -2.08. The molecule has 0 saturated heterocycles. The molecule has 0 aromatic carbocycles. The molecule has 0 amide bonds. The third kappa shape index (κ3) is 2.20. The van der Waals surface area contributed by atoms with Gasteiger partial charge in [-0.25, -0.2) is 9.78 Å². The predicted octanol–water partition coefficient (Wildman–Crippen LogP) is 2.09. The topological polar surface area (TPSA) is 63.1 Å². The van der Waals surface area contributed by atoms with Crippen molar-refractivity contribution in [3.8, 4) is 0 Å². The summed E-state index contributed by atoms with van der Waals surface area (Å²) >= 11 is 5.79. The van der Waals surface area contributed by atoms with Gasteiger partial charge in [0.2, 0.25) is 0 Å². The number of carboxylic acid groups (broad SMARTS) is 1. The van der Waals surface area contributed by atoms with Crippen molar-refractivity contribution in [3.05, 3.63) is 22.2 Å². The monoisotopic (exact) mass is 214 g/mol. The predicted molar refractivity (Wildman–Crippen MR) is 52.7 cm³/mol. The first-order chi connectivity index (χ1) is 6.56. The van der Waals surface area contributed by atoms with Crippen LogP contribution in [0.3, 0.4) is 0 Å². The van der Waals surface area contributed by atoms with E-state index in [1.165, 1.54) is 0 Å². The summed E-state index contributed by atoms with van der Waals surface area (Å²) in [6, 6.07) is 0. The van der Waals surface area contributed by atoms with E-state index in [1.807, 2.05) is 6.92 Å². The van der Waals surface area contributed by atoms with Crippen LogP contribution in [0, 0.1) is 6.92 Å². The van der Waals surface area contributed by atoms with Crippen LogP contribution in [0.4, 0.5) is 0 Å². The van der Waals surface area contributed by atoms with Crippen molar-refractivity contribution in [1.29, 1.82) is 0 Å². The van der Waals surface area contributed by atoms with Crippen LogP contribution in [0.15, 0.2) is 0 Å². The van der Waals surface area contributed by atoms with E-state index in [1.54, 1.807) is 6.92 Å². The number of halogens is 1. The van der Waals surface area contributed by atoms with Crippen LogP contribution >= 0.6 is 11.6 Å². The number of rotatable bonds is 3. The van der Waals surface area contributed by atoms with E-state index in [9.17, 15) is 4.79 Å². The zero-order valence-corrected chi connectivity index (χ0v) is 8.80. The molecule has 0 radical (unpaired) electrons. The maximum Gasteiger partial charge on any atom is 0.356 e. The van der Waals surface area contributed by atoms with Gasteiger partial charge in [-0.1, -0.05) is 24.9 Å². The second-order valence-corrected chi connectivity index (χ2v) is 3.31. The van der Waals surface area contributed by atoms with Gasteiger partial charge in [0.05, 0.1) is 11.4 Å². The minimum atomic E-state index is -1.10. The second-order valence-electron chi connectivity index (χ2n) is 2.95. The van der Waals surface area contributed by atoms with E-state index >= 15 is 0 Å². The van der Waals surface area contributed by atoms with Crippen LogP contribution in [0.2, 0.25) is 5.15 Å². The van der Waals surface area contributed by atoms with E-state index in [0.717, 1.165) is 6.42 Å². The van der Waals surface area contributed by atoms with Crippen molar-refractivity contribution in [2.24, 2.45) is 0 Å². The van der Waals surface area contributed by atoms with E-state index in [4.69, 9.17) is 16.7 Å². The first kappa shape index (κ1) is 10.9. The van der Waals surface area contributed by atoms with Crippen LogP contribution in [0.25, 0.3) is 0 Å². The molecule has 0 unspecified atom stereocenters. The van der Waals surface area contributed by atoms with Crippen molar-refractivity contribution in [2.45, 2.75) is 26.7 Å². The van der Waals surface area contributed by atoms with Gasteiger partial charge in [0.15, 0.2) is 10.8 Å². The Morgan fingerprint density at radius 1 is 1.50 bits per heavy atom. The van der Waals surface area contributed by atoms with E-state index in [-0.39, 0.29) is 10.8 Å². The Kier molecular flexibility index (Phi) is 3.41. The van der Waals surface area contributed by atoms with Gasteiger partial charge in [-0.2, -0.15) is 0 Å². The van der Waals surface area contributed by atoms with Crippen molar-refractivity contribution in [3.63, 3.8) is 0 Å². The van der Waals surface area contributed by atoms with Crippen LogP contribution in [-0.2, 0) is 6.42 Å². The molecule has 0 fully saturated rings. The van der Waals surface area contributed by atoms with Gasteiger partial charge in [0.25, 0.3) is 0 Å². The summed E-state index contributed by atoms with van der Waals surface area (Å²) in [6.07, 6.45) is 1.62. The lowest BCUT2D eigenvalue weighted by atomic mass is 10.2. The molecule has 0 bridgehead atoms. The molecule has 5 heteroatoms. The summed E-state index contributed by atoms with van der Waals surface area (Å²) in [5.74, 6) is -1.10. The fourth-order valence-corrected chi connectivity index (χ4v) is 1.36. The third-order valence-corrected chi connectivity index (χ3v) is 2.09. The lowest BCUT2D eigenvalue weighted by molar-refractivity contribution is 0.0689. The highest BCUT2D eigenvalue weighted by atomic mass is 35.5. The average molecular weight is 215 g/mol. The smallest absolute Gasteiger partial charge is 0.356 e. The first-order valence-electron chi connectivity index (χ1n) is 4.32. The van der Waals surface area contributed by atoms with Crippen molar-refractivity contribution >= 4 is 17.6 Å². The highest BCUT2D eigenvalue weighted by molar-refractivity contribution is 6.30. The van der Waals surface area contributed by atoms with E-state index in [2.05, 4.69) is 9.97 Å². The molecule has 1 aromatic heterocycles. The Hall–Kier alpha value is -1.16. The maximum atomic E-state index is 10.7. The number of carbonyl (C=O) groups is 1. The summed E-state index contributed by atoms with van der Waals surface area (Å²) in [5, 5.41) is 8.94. The van der Waals surface area contributed by atoms with Crippen molar-refractivity contribution in [1.82, 2.24) is 9.97 Å². The minimum absolute atomic E-state index is 0.0742. The number of hydrogen-bond acceptors (Lipinski definition) is 3. The molecule has 4 nitrogen and oxygen atoms in total. The first-order valence-corrected chi connectivity index (χ1v) is 4.70. The molecule has 1 aromatic rings. The van der Waals surface area contributed by atoms with Crippen molar-refractivity contribution in [2.75, 3.05) is 0 Å². The Labute approximate surface area is 87.0 Å². The zero-order chi connectivity index (χ0) is 10.7. The van der Waals surface area contributed by atoms with E-state index < -0.39 is 5.97 Å². The summed E-state index contributed by atoms with van der Waals surface area (Å²) in [5.41, 5.74) is 0.997. The Morgan fingerprint density at radius 3 is 2.64 bits per heavy atom. The van der Waals surface area contributed by atoms with Crippen molar-refractivity contribution < 1.29 is 9.90 Å². The summed E-state index contributed by atoms with van der Waals surface area (Å²) in [4.78, 5) is 18.6. The minimum Gasteiger partial charge on any atom is -0.476 e. The maximum absolute atomic E-state index is 10.7. The lowest BCUT2D eigenvalue weighted by Gasteiger charge is -2.04. The SMILES string of the molecule is CCCc1nc(C)c(C(=O)O)nc1Cl. The Morgan fingerprint density at radius 2 is 2.14 bits per heavy atom. The molecule has 1 rings (SSSR count). The average Bonchev–Trinajstić information content (AvgIpc) is 2.10. The fourth-order valence-electron chi connectivity index (χ4n) is 1.14. The molecule has 0 aliphatic heterocycles. The van der Waals surface area contributed by atoms with Gasteiger partial charge in [-0.15, -0.1) is 0 Å². The highest BCUT2D eigenvalue weighted by Crippen LogP contribution is 2.15. The molecule has 0 atom stereocenters. The summed E-state index contributed by atoms with van der Waals surface area (Å²) < 4.78 is 0. The molecule has 0 saturated carbocycles. The molecule has 0 aliphatic carbocycles. The number of hydrogen-bond donors (Lipinski definition) is 1. The van der Waals surface area contributed by atoms with E-state index in [0.29, 0.717) is 17.8 Å². The van der Waals surface area contributed by atoms with Gasteiger partial charge in [0.1, 0.15) is 0 Å². The largest absolute Gasteiger partial charge is 0.476 e. The second kappa shape index (κ2) is 4.37. The summed E-state index contributed by atoms with van der Waals surface area (Å²) in [6.45, 7) is 3.62.